The molecular formula is C14H22N2O2S. The molecule has 0 radical (unpaired) electrons. The van der Waals surface area contributed by atoms with Crippen molar-refractivity contribution in [1.82, 2.24) is 0 Å². The third-order valence-electron chi connectivity index (χ3n) is 3.55. The number of anilines is 1. The van der Waals surface area contributed by atoms with Crippen molar-refractivity contribution in [3.8, 4) is 0 Å². The summed E-state index contributed by atoms with van der Waals surface area (Å²) < 4.78 is 25.8. The molecule has 19 heavy (non-hydrogen) atoms. The Morgan fingerprint density at radius 3 is 2.47 bits per heavy atom. The Kier molecular flexibility index (Phi) is 3.39. The van der Waals surface area contributed by atoms with Crippen LogP contribution in [0.1, 0.15) is 44.9 Å². The molecule has 1 aromatic rings. The summed E-state index contributed by atoms with van der Waals surface area (Å²) in [5, 5.41) is 0. The second kappa shape index (κ2) is 4.49. The summed E-state index contributed by atoms with van der Waals surface area (Å²) in [6, 6.07) is 5.79. The van der Waals surface area contributed by atoms with E-state index in [0.717, 1.165) is 23.2 Å². The van der Waals surface area contributed by atoms with Gasteiger partial charge in [0.25, 0.3) is 0 Å². The third kappa shape index (κ3) is 2.37. The van der Waals surface area contributed by atoms with Gasteiger partial charge in [0.2, 0.25) is 10.0 Å². The summed E-state index contributed by atoms with van der Waals surface area (Å²) in [5.41, 5.74) is 8.79. The Hall–Kier alpha value is -1.07. The first-order valence-electron chi connectivity index (χ1n) is 6.55. The van der Waals surface area contributed by atoms with Crippen molar-refractivity contribution in [1.29, 1.82) is 0 Å². The van der Waals surface area contributed by atoms with Crippen molar-refractivity contribution in [3.05, 3.63) is 29.3 Å². The number of sulfonamides is 1. The minimum atomic E-state index is -3.32. The number of benzene rings is 1. The van der Waals surface area contributed by atoms with Gasteiger partial charge in [0.15, 0.2) is 0 Å². The van der Waals surface area contributed by atoms with Crippen molar-refractivity contribution in [2.24, 2.45) is 5.73 Å². The van der Waals surface area contributed by atoms with E-state index in [0.29, 0.717) is 6.54 Å². The van der Waals surface area contributed by atoms with Crippen LogP contribution in [0.15, 0.2) is 18.2 Å². The molecule has 106 valence electrons. The van der Waals surface area contributed by atoms with Gasteiger partial charge in [0.05, 0.1) is 10.4 Å². The highest BCUT2D eigenvalue weighted by atomic mass is 32.2. The Labute approximate surface area is 115 Å². The summed E-state index contributed by atoms with van der Waals surface area (Å²) >= 11 is 0. The Morgan fingerprint density at radius 1 is 1.32 bits per heavy atom. The minimum absolute atomic E-state index is 0.0291. The molecule has 0 amide bonds. The molecule has 1 aromatic carbocycles. The highest BCUT2D eigenvalue weighted by molar-refractivity contribution is 7.94. The summed E-state index contributed by atoms with van der Waals surface area (Å²) in [5.74, 6) is 0. The lowest BCUT2D eigenvalue weighted by Gasteiger charge is -2.28. The second-order valence-corrected chi connectivity index (χ2v) is 8.73. The molecule has 2 rings (SSSR count). The van der Waals surface area contributed by atoms with Crippen LogP contribution in [-0.2, 0) is 16.4 Å². The molecular weight excluding hydrogens is 260 g/mol. The maximum atomic E-state index is 12.5. The van der Waals surface area contributed by atoms with Crippen LogP contribution in [0, 0.1) is 0 Å². The van der Waals surface area contributed by atoms with E-state index in [1.165, 1.54) is 4.31 Å². The van der Waals surface area contributed by atoms with Gasteiger partial charge >= 0.3 is 0 Å². The zero-order valence-corrected chi connectivity index (χ0v) is 12.8. The summed E-state index contributed by atoms with van der Waals surface area (Å²) in [7, 11) is -3.32. The van der Waals surface area contributed by atoms with Crippen molar-refractivity contribution < 1.29 is 8.42 Å². The van der Waals surface area contributed by atoms with Crippen molar-refractivity contribution >= 4 is 15.7 Å². The molecule has 0 fully saturated rings. The van der Waals surface area contributed by atoms with E-state index < -0.39 is 14.8 Å². The molecule has 1 aliphatic rings. The standard InChI is InChI=1S/C14H22N2O2S/c1-10(15)11-5-6-13-12(9-11)7-8-16(13)19(17,18)14(2,3)4/h5-6,9-10H,7-8,15H2,1-4H3. The molecule has 1 aliphatic heterocycles. The van der Waals surface area contributed by atoms with Crippen LogP contribution in [0.4, 0.5) is 5.69 Å². The van der Waals surface area contributed by atoms with Crippen molar-refractivity contribution in [2.75, 3.05) is 10.8 Å². The van der Waals surface area contributed by atoms with Crippen LogP contribution < -0.4 is 10.0 Å². The van der Waals surface area contributed by atoms with Crippen LogP contribution in [0.3, 0.4) is 0 Å². The predicted molar refractivity (Wildman–Crippen MR) is 78.8 cm³/mol. The number of rotatable bonds is 2. The molecule has 0 bridgehead atoms. The maximum absolute atomic E-state index is 12.5. The van der Waals surface area contributed by atoms with Gasteiger partial charge in [-0.2, -0.15) is 0 Å². The SMILES string of the molecule is CC(N)c1ccc2c(c1)CCN2S(=O)(=O)C(C)(C)C. The van der Waals surface area contributed by atoms with Gasteiger partial charge in [-0.05, 0) is 51.3 Å². The highest BCUT2D eigenvalue weighted by Crippen LogP contribution is 2.35. The molecule has 4 nitrogen and oxygen atoms in total. The molecule has 1 unspecified atom stereocenters. The largest absolute Gasteiger partial charge is 0.324 e. The number of hydrogen-bond acceptors (Lipinski definition) is 3. The Morgan fingerprint density at radius 2 is 1.95 bits per heavy atom. The second-order valence-electron chi connectivity index (χ2n) is 6.12. The van der Waals surface area contributed by atoms with Crippen LogP contribution in [-0.4, -0.2) is 19.7 Å². The number of nitrogens with zero attached hydrogens (tertiary/aromatic N) is 1. The Bertz CT molecular complexity index is 586. The predicted octanol–water partition coefficient (Wildman–Crippen LogP) is 2.20. The van der Waals surface area contributed by atoms with E-state index in [-0.39, 0.29) is 6.04 Å². The van der Waals surface area contributed by atoms with Gasteiger partial charge in [0, 0.05) is 12.6 Å². The van der Waals surface area contributed by atoms with E-state index in [4.69, 9.17) is 5.73 Å². The molecule has 1 atom stereocenters. The molecule has 2 N–H and O–H groups in total. The number of nitrogens with two attached hydrogens (primary N) is 1. The normalized spacial score (nSPS) is 17.4. The Balaban J connectivity index is 2.44. The van der Waals surface area contributed by atoms with Crippen molar-refractivity contribution in [3.63, 3.8) is 0 Å². The van der Waals surface area contributed by atoms with Gasteiger partial charge < -0.3 is 5.73 Å². The van der Waals surface area contributed by atoms with Gasteiger partial charge in [-0.3, -0.25) is 4.31 Å². The first kappa shape index (κ1) is 14.3. The monoisotopic (exact) mass is 282 g/mol. The van der Waals surface area contributed by atoms with Crippen LogP contribution >= 0.6 is 0 Å². The van der Waals surface area contributed by atoms with Crippen LogP contribution in [0.5, 0.6) is 0 Å². The zero-order chi connectivity index (χ0) is 14.4. The topological polar surface area (TPSA) is 63.4 Å². The minimum Gasteiger partial charge on any atom is -0.324 e. The van der Waals surface area contributed by atoms with E-state index in [9.17, 15) is 8.42 Å². The van der Waals surface area contributed by atoms with Gasteiger partial charge in [-0.1, -0.05) is 12.1 Å². The summed E-state index contributed by atoms with van der Waals surface area (Å²) in [4.78, 5) is 0. The smallest absolute Gasteiger partial charge is 0.240 e. The fourth-order valence-corrected chi connectivity index (χ4v) is 3.68. The van der Waals surface area contributed by atoms with Crippen molar-refractivity contribution in [2.45, 2.75) is 44.9 Å². The zero-order valence-electron chi connectivity index (χ0n) is 12.0. The third-order valence-corrected chi connectivity index (χ3v) is 6.05. The summed E-state index contributed by atoms with van der Waals surface area (Å²) in [6.45, 7) is 7.65. The maximum Gasteiger partial charge on any atom is 0.240 e. The van der Waals surface area contributed by atoms with Gasteiger partial charge in [-0.25, -0.2) is 8.42 Å². The molecule has 0 saturated heterocycles. The molecule has 0 aromatic heterocycles. The van der Waals surface area contributed by atoms with Gasteiger partial charge in [0.1, 0.15) is 0 Å². The van der Waals surface area contributed by atoms with Crippen LogP contribution in [0.25, 0.3) is 0 Å². The van der Waals surface area contributed by atoms with Crippen LogP contribution in [0.2, 0.25) is 0 Å². The number of fused-ring (bicyclic) bond motifs is 1. The van der Waals surface area contributed by atoms with Gasteiger partial charge in [-0.15, -0.1) is 0 Å². The highest BCUT2D eigenvalue weighted by Gasteiger charge is 2.38. The average molecular weight is 282 g/mol. The first-order valence-corrected chi connectivity index (χ1v) is 7.99. The fourth-order valence-electron chi connectivity index (χ4n) is 2.25. The molecule has 0 spiro atoms. The van der Waals surface area contributed by atoms with E-state index in [1.54, 1.807) is 20.8 Å². The molecule has 1 heterocycles. The lowest BCUT2D eigenvalue weighted by atomic mass is 10.0. The lowest BCUT2D eigenvalue weighted by molar-refractivity contribution is 0.556. The average Bonchev–Trinajstić information content (AvgIpc) is 2.70. The van der Waals surface area contributed by atoms with E-state index >= 15 is 0 Å². The molecule has 0 aliphatic carbocycles. The molecule has 5 heteroatoms. The lowest BCUT2D eigenvalue weighted by Crippen LogP contribution is -2.42. The van der Waals surface area contributed by atoms with E-state index in [1.807, 2.05) is 25.1 Å². The fraction of sp³-hybridized carbons (Fsp3) is 0.571. The summed E-state index contributed by atoms with van der Waals surface area (Å²) in [6.07, 6.45) is 0.755. The molecule has 0 saturated carbocycles. The number of hydrogen-bond donors (Lipinski definition) is 1. The van der Waals surface area contributed by atoms with E-state index in [2.05, 4.69) is 0 Å². The quantitative estimate of drug-likeness (QED) is 0.904. The first-order chi connectivity index (χ1) is 8.64.